The molecule has 0 atom stereocenters. The van der Waals surface area contributed by atoms with Crippen LogP contribution in [-0.2, 0) is 4.74 Å². The molecule has 0 bridgehead atoms. The fraction of sp³-hybridized carbons (Fsp3) is 1.00. The van der Waals surface area contributed by atoms with E-state index in [1.807, 2.05) is 7.11 Å². The Hall–Kier alpha value is -0.120. The summed E-state index contributed by atoms with van der Waals surface area (Å²) in [5.74, 6) is 0.915. The van der Waals surface area contributed by atoms with Gasteiger partial charge in [-0.3, -0.25) is 4.90 Å². The maximum Gasteiger partial charge on any atom is 0.0572 e. The van der Waals surface area contributed by atoms with Gasteiger partial charge in [0.05, 0.1) is 6.10 Å². The molecule has 0 heterocycles. The minimum Gasteiger partial charge on any atom is -0.381 e. The Labute approximate surface area is 112 Å². The standard InChI is InChI=1S/C15H30N2O/c1-17(11-13-5-3-4-6-13)15(12-16)9-7-14(18-2)8-10-15/h13-14H,3-12,16H2,1-2H3. The summed E-state index contributed by atoms with van der Waals surface area (Å²) in [5.41, 5.74) is 6.37. The van der Waals surface area contributed by atoms with Gasteiger partial charge in [-0.1, -0.05) is 12.8 Å². The van der Waals surface area contributed by atoms with Crippen molar-refractivity contribution >= 4 is 0 Å². The largest absolute Gasteiger partial charge is 0.381 e. The number of methoxy groups -OCH3 is 1. The van der Waals surface area contributed by atoms with Crippen LogP contribution in [0.5, 0.6) is 0 Å². The van der Waals surface area contributed by atoms with E-state index in [1.54, 1.807) is 0 Å². The first-order chi connectivity index (χ1) is 8.70. The predicted octanol–water partition coefficient (Wildman–Crippen LogP) is 2.39. The number of nitrogens with zero attached hydrogens (tertiary/aromatic N) is 1. The Morgan fingerprint density at radius 1 is 1.17 bits per heavy atom. The Kier molecular flexibility index (Phi) is 5.05. The van der Waals surface area contributed by atoms with Crippen molar-refractivity contribution in [2.24, 2.45) is 11.7 Å². The van der Waals surface area contributed by atoms with E-state index < -0.39 is 0 Å². The van der Waals surface area contributed by atoms with Crippen molar-refractivity contribution in [2.45, 2.75) is 63.0 Å². The first-order valence-electron chi connectivity index (χ1n) is 7.64. The molecule has 2 aliphatic carbocycles. The van der Waals surface area contributed by atoms with Gasteiger partial charge >= 0.3 is 0 Å². The fourth-order valence-electron chi connectivity index (χ4n) is 3.88. The molecule has 0 aromatic carbocycles. The van der Waals surface area contributed by atoms with Gasteiger partial charge in [0.25, 0.3) is 0 Å². The van der Waals surface area contributed by atoms with Gasteiger partial charge in [-0.25, -0.2) is 0 Å². The van der Waals surface area contributed by atoms with Crippen molar-refractivity contribution in [3.63, 3.8) is 0 Å². The number of hydrogen-bond acceptors (Lipinski definition) is 3. The minimum atomic E-state index is 0.248. The average Bonchev–Trinajstić information content (AvgIpc) is 2.91. The lowest BCUT2D eigenvalue weighted by molar-refractivity contribution is -0.00138. The van der Waals surface area contributed by atoms with Crippen LogP contribution in [0.3, 0.4) is 0 Å². The molecule has 0 amide bonds. The number of hydrogen-bond donors (Lipinski definition) is 1. The second-order valence-corrected chi connectivity index (χ2v) is 6.39. The minimum absolute atomic E-state index is 0.248. The molecule has 2 rings (SSSR count). The van der Waals surface area contributed by atoms with Crippen molar-refractivity contribution in [1.29, 1.82) is 0 Å². The molecular formula is C15H30N2O. The number of ether oxygens (including phenoxy) is 1. The van der Waals surface area contributed by atoms with Crippen molar-refractivity contribution in [3.8, 4) is 0 Å². The number of rotatable bonds is 5. The Morgan fingerprint density at radius 2 is 1.78 bits per heavy atom. The smallest absolute Gasteiger partial charge is 0.0572 e. The van der Waals surface area contributed by atoms with Gasteiger partial charge in [-0.15, -0.1) is 0 Å². The zero-order valence-corrected chi connectivity index (χ0v) is 12.2. The van der Waals surface area contributed by atoms with Crippen LogP contribution in [0.25, 0.3) is 0 Å². The van der Waals surface area contributed by atoms with Crippen LogP contribution < -0.4 is 5.73 Å². The normalized spacial score (nSPS) is 34.3. The molecule has 0 radical (unpaired) electrons. The summed E-state index contributed by atoms with van der Waals surface area (Å²) in [4.78, 5) is 2.58. The number of nitrogens with two attached hydrogens (primary N) is 1. The highest BCUT2D eigenvalue weighted by atomic mass is 16.5. The van der Waals surface area contributed by atoms with Crippen LogP contribution in [-0.4, -0.2) is 43.8 Å². The lowest BCUT2D eigenvalue weighted by Gasteiger charge is -2.46. The lowest BCUT2D eigenvalue weighted by Crippen LogP contribution is -2.55. The molecule has 0 aromatic rings. The van der Waals surface area contributed by atoms with E-state index in [0.29, 0.717) is 6.10 Å². The molecule has 0 aliphatic heterocycles. The van der Waals surface area contributed by atoms with Gasteiger partial charge in [0.15, 0.2) is 0 Å². The van der Waals surface area contributed by atoms with Crippen molar-refractivity contribution in [2.75, 3.05) is 27.2 Å². The highest BCUT2D eigenvalue weighted by Gasteiger charge is 2.38. The molecule has 18 heavy (non-hydrogen) atoms. The van der Waals surface area contributed by atoms with E-state index in [9.17, 15) is 0 Å². The predicted molar refractivity (Wildman–Crippen MR) is 75.6 cm³/mol. The zero-order chi connectivity index (χ0) is 13.0. The quantitative estimate of drug-likeness (QED) is 0.819. The van der Waals surface area contributed by atoms with Crippen molar-refractivity contribution < 1.29 is 4.74 Å². The molecule has 106 valence electrons. The highest BCUT2D eigenvalue weighted by molar-refractivity contribution is 4.95. The molecule has 0 saturated heterocycles. The second kappa shape index (κ2) is 6.36. The third kappa shape index (κ3) is 3.06. The molecule has 2 fully saturated rings. The molecule has 3 heteroatoms. The molecule has 0 unspecified atom stereocenters. The Balaban J connectivity index is 1.90. The van der Waals surface area contributed by atoms with E-state index in [0.717, 1.165) is 12.5 Å². The third-order valence-electron chi connectivity index (χ3n) is 5.39. The van der Waals surface area contributed by atoms with E-state index >= 15 is 0 Å². The van der Waals surface area contributed by atoms with Crippen LogP contribution in [0.1, 0.15) is 51.4 Å². The second-order valence-electron chi connectivity index (χ2n) is 6.39. The van der Waals surface area contributed by atoms with Crippen LogP contribution in [0, 0.1) is 5.92 Å². The van der Waals surface area contributed by atoms with E-state index in [1.165, 1.54) is 57.9 Å². The summed E-state index contributed by atoms with van der Waals surface area (Å²) in [5, 5.41) is 0. The SMILES string of the molecule is COC1CCC(CN)(N(C)CC2CCCC2)CC1. The monoisotopic (exact) mass is 254 g/mol. The van der Waals surface area contributed by atoms with E-state index in [-0.39, 0.29) is 5.54 Å². The topological polar surface area (TPSA) is 38.5 Å². The van der Waals surface area contributed by atoms with Crippen molar-refractivity contribution in [3.05, 3.63) is 0 Å². The maximum atomic E-state index is 6.12. The van der Waals surface area contributed by atoms with Gasteiger partial charge < -0.3 is 10.5 Å². The van der Waals surface area contributed by atoms with Gasteiger partial charge in [0.1, 0.15) is 0 Å². The van der Waals surface area contributed by atoms with Gasteiger partial charge in [0.2, 0.25) is 0 Å². The van der Waals surface area contributed by atoms with Gasteiger partial charge in [0, 0.05) is 25.7 Å². The van der Waals surface area contributed by atoms with E-state index in [2.05, 4.69) is 11.9 Å². The van der Waals surface area contributed by atoms with Gasteiger partial charge in [-0.2, -0.15) is 0 Å². The summed E-state index contributed by atoms with van der Waals surface area (Å²) in [6.45, 7) is 2.04. The Morgan fingerprint density at radius 3 is 2.28 bits per heavy atom. The maximum absolute atomic E-state index is 6.12. The zero-order valence-electron chi connectivity index (χ0n) is 12.2. The van der Waals surface area contributed by atoms with Crippen LogP contribution in [0.4, 0.5) is 0 Å². The van der Waals surface area contributed by atoms with Gasteiger partial charge in [-0.05, 0) is 51.5 Å². The summed E-state index contributed by atoms with van der Waals surface area (Å²) in [6, 6.07) is 0. The summed E-state index contributed by atoms with van der Waals surface area (Å²) in [6.07, 6.45) is 10.9. The van der Waals surface area contributed by atoms with Crippen LogP contribution in [0.15, 0.2) is 0 Å². The molecule has 2 saturated carbocycles. The molecule has 3 nitrogen and oxygen atoms in total. The first kappa shape index (κ1) is 14.3. The summed E-state index contributed by atoms with van der Waals surface area (Å²) >= 11 is 0. The third-order valence-corrected chi connectivity index (χ3v) is 5.39. The first-order valence-corrected chi connectivity index (χ1v) is 7.64. The average molecular weight is 254 g/mol. The molecule has 0 aromatic heterocycles. The Bertz CT molecular complexity index is 243. The highest BCUT2D eigenvalue weighted by Crippen LogP contribution is 2.35. The lowest BCUT2D eigenvalue weighted by atomic mass is 9.78. The molecule has 0 spiro atoms. The van der Waals surface area contributed by atoms with E-state index in [4.69, 9.17) is 10.5 Å². The molecule has 2 N–H and O–H groups in total. The summed E-state index contributed by atoms with van der Waals surface area (Å²) < 4.78 is 5.48. The van der Waals surface area contributed by atoms with Crippen molar-refractivity contribution in [1.82, 2.24) is 4.90 Å². The molecular weight excluding hydrogens is 224 g/mol. The molecule has 2 aliphatic rings. The fourth-order valence-corrected chi connectivity index (χ4v) is 3.88. The number of likely N-dealkylation sites (N-methyl/N-ethyl adjacent to an activating group) is 1. The van der Waals surface area contributed by atoms with Crippen LogP contribution >= 0.6 is 0 Å². The van der Waals surface area contributed by atoms with Crippen LogP contribution in [0.2, 0.25) is 0 Å². The summed E-state index contributed by atoms with van der Waals surface area (Å²) in [7, 11) is 4.13.